The number of carbonyl (C=O) groups is 1. The summed E-state index contributed by atoms with van der Waals surface area (Å²) in [7, 11) is 0. The molecule has 4 aromatic rings. The van der Waals surface area contributed by atoms with Crippen LogP contribution in [0.1, 0.15) is 34.4 Å². The van der Waals surface area contributed by atoms with E-state index in [4.69, 9.17) is 10.2 Å². The number of amides is 1. The second kappa shape index (κ2) is 8.02. The number of fused-ring (bicyclic) bond motifs is 1. The van der Waals surface area contributed by atoms with Gasteiger partial charge in [0.05, 0.1) is 23.4 Å². The molecule has 4 rings (SSSR count). The SMILES string of the molecule is NC(CCc1ccccc1)c1nc(C(=O)Nc2cnc3ccccc3c2)co1. The first-order chi connectivity index (χ1) is 13.7. The maximum atomic E-state index is 12.5. The molecule has 140 valence electrons. The zero-order valence-electron chi connectivity index (χ0n) is 15.2. The number of para-hydroxylation sites is 1. The number of hydrogen-bond acceptors (Lipinski definition) is 5. The fraction of sp³-hybridized carbons (Fsp3) is 0.136. The highest BCUT2D eigenvalue weighted by Gasteiger charge is 2.17. The summed E-state index contributed by atoms with van der Waals surface area (Å²) in [4.78, 5) is 21.1. The second-order valence-corrected chi connectivity index (χ2v) is 6.57. The Morgan fingerprint density at radius 3 is 2.75 bits per heavy atom. The maximum absolute atomic E-state index is 12.5. The molecule has 6 nitrogen and oxygen atoms in total. The molecule has 3 N–H and O–H groups in total. The third-order valence-electron chi connectivity index (χ3n) is 4.51. The van der Waals surface area contributed by atoms with Gasteiger partial charge < -0.3 is 15.5 Å². The van der Waals surface area contributed by atoms with E-state index in [1.54, 1.807) is 6.20 Å². The monoisotopic (exact) mass is 372 g/mol. The minimum Gasteiger partial charge on any atom is -0.446 e. The van der Waals surface area contributed by atoms with Gasteiger partial charge >= 0.3 is 0 Å². The van der Waals surface area contributed by atoms with Crippen LogP contribution in [0.25, 0.3) is 10.9 Å². The van der Waals surface area contributed by atoms with Gasteiger partial charge in [-0.2, -0.15) is 0 Å². The van der Waals surface area contributed by atoms with Crippen LogP contribution in [0.5, 0.6) is 0 Å². The molecule has 28 heavy (non-hydrogen) atoms. The molecule has 2 heterocycles. The quantitative estimate of drug-likeness (QED) is 0.531. The van der Waals surface area contributed by atoms with Gasteiger partial charge in [-0.15, -0.1) is 0 Å². The highest BCUT2D eigenvalue weighted by Crippen LogP contribution is 2.19. The number of benzene rings is 2. The van der Waals surface area contributed by atoms with Crippen LogP contribution in [0, 0.1) is 0 Å². The van der Waals surface area contributed by atoms with Crippen molar-refractivity contribution >= 4 is 22.5 Å². The lowest BCUT2D eigenvalue weighted by Crippen LogP contribution is -2.15. The van der Waals surface area contributed by atoms with Crippen molar-refractivity contribution < 1.29 is 9.21 Å². The Bertz CT molecular complexity index is 1090. The summed E-state index contributed by atoms with van der Waals surface area (Å²) < 4.78 is 5.43. The van der Waals surface area contributed by atoms with Gasteiger partial charge in [0.15, 0.2) is 5.69 Å². The third-order valence-corrected chi connectivity index (χ3v) is 4.51. The molecule has 0 bridgehead atoms. The Morgan fingerprint density at radius 2 is 1.89 bits per heavy atom. The van der Waals surface area contributed by atoms with Gasteiger partial charge in [-0.1, -0.05) is 48.5 Å². The molecule has 0 saturated heterocycles. The first-order valence-corrected chi connectivity index (χ1v) is 9.10. The van der Waals surface area contributed by atoms with Crippen molar-refractivity contribution in [3.63, 3.8) is 0 Å². The molecule has 1 amide bonds. The van der Waals surface area contributed by atoms with E-state index in [2.05, 4.69) is 27.4 Å². The van der Waals surface area contributed by atoms with E-state index < -0.39 is 0 Å². The van der Waals surface area contributed by atoms with Crippen LogP contribution >= 0.6 is 0 Å². The minimum absolute atomic E-state index is 0.193. The Kier molecular flexibility index (Phi) is 5.12. The summed E-state index contributed by atoms with van der Waals surface area (Å²) in [5.74, 6) is 0.0000538. The van der Waals surface area contributed by atoms with Gasteiger partial charge in [0.2, 0.25) is 5.89 Å². The van der Waals surface area contributed by atoms with E-state index in [1.807, 2.05) is 48.5 Å². The van der Waals surface area contributed by atoms with Crippen molar-refractivity contribution in [1.82, 2.24) is 9.97 Å². The molecule has 0 radical (unpaired) electrons. The molecule has 0 aliphatic rings. The lowest BCUT2D eigenvalue weighted by atomic mass is 10.1. The van der Waals surface area contributed by atoms with E-state index >= 15 is 0 Å². The largest absolute Gasteiger partial charge is 0.446 e. The van der Waals surface area contributed by atoms with E-state index in [9.17, 15) is 4.79 Å². The number of pyridine rings is 1. The number of aromatic nitrogens is 2. The van der Waals surface area contributed by atoms with Crippen LogP contribution in [-0.4, -0.2) is 15.9 Å². The minimum atomic E-state index is -0.371. The van der Waals surface area contributed by atoms with Crippen LogP contribution < -0.4 is 11.1 Å². The fourth-order valence-corrected chi connectivity index (χ4v) is 2.99. The normalized spacial score (nSPS) is 12.0. The second-order valence-electron chi connectivity index (χ2n) is 6.57. The molecule has 1 unspecified atom stereocenters. The molecule has 6 heteroatoms. The molecule has 2 aromatic heterocycles. The van der Waals surface area contributed by atoms with Crippen LogP contribution in [-0.2, 0) is 6.42 Å². The number of nitrogens with one attached hydrogen (secondary N) is 1. The summed E-state index contributed by atoms with van der Waals surface area (Å²) in [6.07, 6.45) is 4.45. The molecular formula is C22H20N4O2. The number of nitrogens with two attached hydrogens (primary N) is 1. The van der Waals surface area contributed by atoms with Crippen molar-refractivity contribution in [3.05, 3.63) is 90.3 Å². The highest BCUT2D eigenvalue weighted by atomic mass is 16.3. The number of carbonyl (C=O) groups excluding carboxylic acids is 1. The Balaban J connectivity index is 1.40. The van der Waals surface area contributed by atoms with Gasteiger partial charge in [0.1, 0.15) is 6.26 Å². The van der Waals surface area contributed by atoms with Crippen molar-refractivity contribution in [3.8, 4) is 0 Å². The first kappa shape index (κ1) is 17.9. The van der Waals surface area contributed by atoms with Crippen LogP contribution in [0.2, 0.25) is 0 Å². The molecular weight excluding hydrogens is 352 g/mol. The maximum Gasteiger partial charge on any atom is 0.277 e. The predicted molar refractivity (Wildman–Crippen MR) is 108 cm³/mol. The number of rotatable bonds is 6. The average molecular weight is 372 g/mol. The smallest absolute Gasteiger partial charge is 0.277 e. The number of oxazole rings is 1. The molecule has 0 spiro atoms. The van der Waals surface area contributed by atoms with Gasteiger partial charge in [-0.25, -0.2) is 4.98 Å². The standard InChI is InChI=1S/C22H20N4O2/c23-18(11-10-15-6-2-1-3-7-15)22-26-20(14-28-22)21(27)25-17-12-16-8-4-5-9-19(16)24-13-17/h1-9,12-14,18H,10-11,23H2,(H,25,27). The summed E-state index contributed by atoms with van der Waals surface area (Å²) in [6.45, 7) is 0. The number of nitrogens with zero attached hydrogens (tertiary/aromatic N) is 2. The third kappa shape index (κ3) is 4.07. The average Bonchev–Trinajstić information content (AvgIpc) is 3.23. The van der Waals surface area contributed by atoms with Crippen molar-refractivity contribution in [2.45, 2.75) is 18.9 Å². The Labute approximate surface area is 162 Å². The Hall–Kier alpha value is -3.51. The zero-order chi connectivity index (χ0) is 19.3. The predicted octanol–water partition coefficient (Wildman–Crippen LogP) is 4.11. The number of hydrogen-bond donors (Lipinski definition) is 2. The zero-order valence-corrected chi connectivity index (χ0v) is 15.2. The van der Waals surface area contributed by atoms with Crippen LogP contribution in [0.4, 0.5) is 5.69 Å². The lowest BCUT2D eigenvalue weighted by molar-refractivity contribution is 0.102. The molecule has 0 fully saturated rings. The molecule has 0 aliphatic carbocycles. The van der Waals surface area contributed by atoms with E-state index in [0.29, 0.717) is 18.0 Å². The van der Waals surface area contributed by atoms with Crippen LogP contribution in [0.3, 0.4) is 0 Å². The first-order valence-electron chi connectivity index (χ1n) is 9.10. The van der Waals surface area contributed by atoms with Gasteiger partial charge in [0, 0.05) is 5.39 Å². The lowest BCUT2D eigenvalue weighted by Gasteiger charge is -2.07. The molecule has 0 aliphatic heterocycles. The summed E-state index contributed by atoms with van der Waals surface area (Å²) in [5.41, 5.74) is 9.03. The van der Waals surface area contributed by atoms with E-state index in [1.165, 1.54) is 11.8 Å². The molecule has 2 aromatic carbocycles. The number of aryl methyl sites for hydroxylation is 1. The van der Waals surface area contributed by atoms with Crippen molar-refractivity contribution in [2.24, 2.45) is 5.73 Å². The topological polar surface area (TPSA) is 94.0 Å². The fourth-order valence-electron chi connectivity index (χ4n) is 2.99. The highest BCUT2D eigenvalue weighted by molar-refractivity contribution is 6.03. The van der Waals surface area contributed by atoms with Gasteiger partial charge in [0.25, 0.3) is 5.91 Å². The summed E-state index contributed by atoms with van der Waals surface area (Å²) in [6, 6.07) is 19.3. The van der Waals surface area contributed by atoms with Crippen molar-refractivity contribution in [1.29, 1.82) is 0 Å². The van der Waals surface area contributed by atoms with Crippen molar-refractivity contribution in [2.75, 3.05) is 5.32 Å². The molecule has 1 atom stereocenters. The van der Waals surface area contributed by atoms with E-state index in [-0.39, 0.29) is 17.6 Å². The van der Waals surface area contributed by atoms with Gasteiger partial charge in [-0.3, -0.25) is 9.78 Å². The summed E-state index contributed by atoms with van der Waals surface area (Å²) >= 11 is 0. The van der Waals surface area contributed by atoms with Crippen LogP contribution in [0.15, 0.2) is 77.5 Å². The molecule has 0 saturated carbocycles. The Morgan fingerprint density at radius 1 is 1.11 bits per heavy atom. The van der Waals surface area contributed by atoms with E-state index in [0.717, 1.165) is 17.3 Å². The number of anilines is 1. The van der Waals surface area contributed by atoms with Gasteiger partial charge in [-0.05, 0) is 30.5 Å². The summed E-state index contributed by atoms with van der Waals surface area (Å²) in [5, 5.41) is 3.74.